The van der Waals surface area contributed by atoms with Crippen LogP contribution in [0.15, 0.2) is 30.5 Å². The second-order valence-corrected chi connectivity index (χ2v) is 6.90. The SMILES string of the molecule is Cc1cccc2[nH]c([C@H]3CCCN(C(=O)Cn4nccc4C)C3)nc12. The molecule has 0 spiro atoms. The Balaban J connectivity index is 1.51. The molecule has 0 radical (unpaired) electrons. The van der Waals surface area contributed by atoms with E-state index in [1.54, 1.807) is 10.9 Å². The Morgan fingerprint density at radius 1 is 1.32 bits per heavy atom. The van der Waals surface area contributed by atoms with Gasteiger partial charge in [-0.05, 0) is 44.4 Å². The molecule has 0 aliphatic carbocycles. The molecule has 0 saturated carbocycles. The number of aromatic amines is 1. The Hall–Kier alpha value is -2.63. The number of para-hydroxylation sites is 1. The molecule has 1 N–H and O–H groups in total. The molecule has 1 atom stereocenters. The number of hydrogen-bond donors (Lipinski definition) is 1. The van der Waals surface area contributed by atoms with Crippen LogP contribution >= 0.6 is 0 Å². The second-order valence-electron chi connectivity index (χ2n) is 6.90. The molecule has 4 rings (SSSR count). The fourth-order valence-electron chi connectivity index (χ4n) is 3.61. The summed E-state index contributed by atoms with van der Waals surface area (Å²) >= 11 is 0. The predicted molar refractivity (Wildman–Crippen MR) is 96.3 cm³/mol. The van der Waals surface area contributed by atoms with Gasteiger partial charge in [0.15, 0.2) is 0 Å². The highest BCUT2D eigenvalue weighted by Gasteiger charge is 2.27. The van der Waals surface area contributed by atoms with E-state index in [1.165, 1.54) is 5.56 Å². The number of piperidine rings is 1. The highest BCUT2D eigenvalue weighted by Crippen LogP contribution is 2.27. The maximum Gasteiger partial charge on any atom is 0.244 e. The minimum Gasteiger partial charge on any atom is -0.342 e. The summed E-state index contributed by atoms with van der Waals surface area (Å²) in [4.78, 5) is 22.9. The molecule has 3 heterocycles. The number of carbonyl (C=O) groups excluding carboxylic acids is 1. The van der Waals surface area contributed by atoms with E-state index in [9.17, 15) is 4.79 Å². The average Bonchev–Trinajstić information content (AvgIpc) is 3.23. The van der Waals surface area contributed by atoms with Crippen LogP contribution in [-0.2, 0) is 11.3 Å². The molecule has 6 nitrogen and oxygen atoms in total. The van der Waals surface area contributed by atoms with E-state index in [0.717, 1.165) is 48.5 Å². The van der Waals surface area contributed by atoms with E-state index >= 15 is 0 Å². The highest BCUT2D eigenvalue weighted by molar-refractivity contribution is 5.79. The zero-order chi connectivity index (χ0) is 17.4. The average molecular weight is 337 g/mol. The van der Waals surface area contributed by atoms with Crippen molar-refractivity contribution in [3.8, 4) is 0 Å². The monoisotopic (exact) mass is 337 g/mol. The van der Waals surface area contributed by atoms with Crippen LogP contribution in [0.25, 0.3) is 11.0 Å². The molecule has 25 heavy (non-hydrogen) atoms. The van der Waals surface area contributed by atoms with Gasteiger partial charge in [-0.2, -0.15) is 5.10 Å². The van der Waals surface area contributed by atoms with Gasteiger partial charge in [-0.25, -0.2) is 4.98 Å². The molecule has 1 fully saturated rings. The summed E-state index contributed by atoms with van der Waals surface area (Å²) in [6.07, 6.45) is 3.80. The number of likely N-dealkylation sites (tertiary alicyclic amines) is 1. The van der Waals surface area contributed by atoms with Gasteiger partial charge in [-0.15, -0.1) is 0 Å². The number of rotatable bonds is 3. The number of aromatic nitrogens is 4. The smallest absolute Gasteiger partial charge is 0.244 e. The van der Waals surface area contributed by atoms with Gasteiger partial charge < -0.3 is 9.88 Å². The third-order valence-corrected chi connectivity index (χ3v) is 5.11. The van der Waals surface area contributed by atoms with Gasteiger partial charge in [0, 0.05) is 30.9 Å². The van der Waals surface area contributed by atoms with Crippen molar-refractivity contribution in [1.29, 1.82) is 0 Å². The zero-order valence-electron chi connectivity index (χ0n) is 14.7. The summed E-state index contributed by atoms with van der Waals surface area (Å²) in [6.45, 7) is 5.89. The third-order valence-electron chi connectivity index (χ3n) is 5.11. The third kappa shape index (κ3) is 3.04. The lowest BCUT2D eigenvalue weighted by atomic mass is 9.97. The number of nitrogens with one attached hydrogen (secondary N) is 1. The molecule has 6 heteroatoms. The van der Waals surface area contributed by atoms with E-state index in [4.69, 9.17) is 4.98 Å². The van der Waals surface area contributed by atoms with Crippen molar-refractivity contribution in [1.82, 2.24) is 24.6 Å². The summed E-state index contributed by atoms with van der Waals surface area (Å²) < 4.78 is 1.76. The van der Waals surface area contributed by atoms with Crippen molar-refractivity contribution in [2.45, 2.75) is 39.2 Å². The van der Waals surface area contributed by atoms with Crippen LogP contribution in [0, 0.1) is 13.8 Å². The number of aryl methyl sites for hydroxylation is 2. The van der Waals surface area contributed by atoms with Gasteiger partial charge in [0.25, 0.3) is 0 Å². The van der Waals surface area contributed by atoms with Crippen molar-refractivity contribution in [2.75, 3.05) is 13.1 Å². The van der Waals surface area contributed by atoms with E-state index in [0.29, 0.717) is 6.54 Å². The first-order valence-electron chi connectivity index (χ1n) is 8.83. The molecule has 130 valence electrons. The lowest BCUT2D eigenvalue weighted by molar-refractivity contribution is -0.133. The van der Waals surface area contributed by atoms with Crippen LogP contribution in [0.4, 0.5) is 0 Å². The maximum atomic E-state index is 12.7. The van der Waals surface area contributed by atoms with Crippen molar-refractivity contribution in [3.05, 3.63) is 47.5 Å². The van der Waals surface area contributed by atoms with E-state index in [2.05, 4.69) is 29.1 Å². The number of nitrogens with zero attached hydrogens (tertiary/aromatic N) is 4. The Bertz CT molecular complexity index is 910. The number of fused-ring (bicyclic) bond motifs is 1. The molecule has 1 aliphatic heterocycles. The largest absolute Gasteiger partial charge is 0.342 e. The summed E-state index contributed by atoms with van der Waals surface area (Å²) in [5.41, 5.74) is 4.30. The summed E-state index contributed by atoms with van der Waals surface area (Å²) in [7, 11) is 0. The van der Waals surface area contributed by atoms with E-state index < -0.39 is 0 Å². The minimum absolute atomic E-state index is 0.129. The van der Waals surface area contributed by atoms with Crippen LogP contribution in [0.1, 0.15) is 35.8 Å². The first kappa shape index (κ1) is 15.9. The van der Waals surface area contributed by atoms with E-state index in [1.807, 2.05) is 24.0 Å². The number of amides is 1. The van der Waals surface area contributed by atoms with Gasteiger partial charge in [-0.1, -0.05) is 12.1 Å². The number of carbonyl (C=O) groups is 1. The summed E-state index contributed by atoms with van der Waals surface area (Å²) in [5.74, 6) is 1.39. The lowest BCUT2D eigenvalue weighted by Gasteiger charge is -2.32. The topological polar surface area (TPSA) is 66.8 Å². The highest BCUT2D eigenvalue weighted by atomic mass is 16.2. The second kappa shape index (κ2) is 6.35. The normalized spacial score (nSPS) is 18.0. The van der Waals surface area contributed by atoms with Crippen molar-refractivity contribution in [2.24, 2.45) is 0 Å². The molecular formula is C19H23N5O. The summed E-state index contributed by atoms with van der Waals surface area (Å²) in [5, 5.41) is 4.22. The number of H-pyrrole nitrogens is 1. The fourth-order valence-corrected chi connectivity index (χ4v) is 3.61. The van der Waals surface area contributed by atoms with Gasteiger partial charge in [0.2, 0.25) is 5.91 Å². The quantitative estimate of drug-likeness (QED) is 0.799. The van der Waals surface area contributed by atoms with Crippen molar-refractivity contribution >= 4 is 16.9 Å². The first-order valence-corrected chi connectivity index (χ1v) is 8.83. The lowest BCUT2D eigenvalue weighted by Crippen LogP contribution is -2.41. The minimum atomic E-state index is 0.129. The molecule has 1 aliphatic rings. The van der Waals surface area contributed by atoms with Gasteiger partial charge in [0.05, 0.1) is 11.0 Å². The standard InChI is InChI=1S/C19H23N5O/c1-13-5-3-7-16-18(13)22-19(21-16)15-6-4-10-23(11-15)17(25)12-24-14(2)8-9-20-24/h3,5,7-9,15H,4,6,10-12H2,1-2H3,(H,21,22)/t15-/m0/s1. The molecule has 1 amide bonds. The summed E-state index contributed by atoms with van der Waals surface area (Å²) in [6, 6.07) is 8.10. The van der Waals surface area contributed by atoms with Crippen molar-refractivity contribution in [3.63, 3.8) is 0 Å². The van der Waals surface area contributed by atoms with Crippen LogP contribution in [0.2, 0.25) is 0 Å². The van der Waals surface area contributed by atoms with Crippen LogP contribution in [0.5, 0.6) is 0 Å². The number of imidazole rings is 1. The zero-order valence-corrected chi connectivity index (χ0v) is 14.7. The van der Waals surface area contributed by atoms with Crippen LogP contribution in [0.3, 0.4) is 0 Å². The Labute approximate surface area is 146 Å². The van der Waals surface area contributed by atoms with Gasteiger partial charge in [0.1, 0.15) is 12.4 Å². The number of hydrogen-bond acceptors (Lipinski definition) is 3. The molecule has 3 aromatic rings. The van der Waals surface area contributed by atoms with Gasteiger partial charge >= 0.3 is 0 Å². The Kier molecular flexibility index (Phi) is 4.03. The van der Waals surface area contributed by atoms with Crippen LogP contribution < -0.4 is 0 Å². The number of benzene rings is 1. The Morgan fingerprint density at radius 3 is 2.96 bits per heavy atom. The predicted octanol–water partition coefficient (Wildman–Crippen LogP) is 2.78. The van der Waals surface area contributed by atoms with Crippen molar-refractivity contribution < 1.29 is 4.79 Å². The molecule has 2 aromatic heterocycles. The Morgan fingerprint density at radius 2 is 2.20 bits per heavy atom. The first-order chi connectivity index (χ1) is 12.1. The molecule has 1 aromatic carbocycles. The molecule has 0 bridgehead atoms. The molecular weight excluding hydrogens is 314 g/mol. The maximum absolute atomic E-state index is 12.7. The molecule has 0 unspecified atom stereocenters. The van der Waals surface area contributed by atoms with Gasteiger partial charge in [-0.3, -0.25) is 9.48 Å². The van der Waals surface area contributed by atoms with Crippen LogP contribution in [-0.4, -0.2) is 43.6 Å². The van der Waals surface area contributed by atoms with E-state index in [-0.39, 0.29) is 11.8 Å². The fraction of sp³-hybridized carbons (Fsp3) is 0.421. The molecule has 1 saturated heterocycles.